The largest absolute Gasteiger partial charge is 0.493 e. The molecule has 2 heterocycles. The Morgan fingerprint density at radius 1 is 1.36 bits per heavy atom. The molecule has 0 spiro atoms. The van der Waals surface area contributed by atoms with Crippen molar-refractivity contribution in [3.63, 3.8) is 0 Å². The standard InChI is InChI=1S/C19H22N2O4/c1-4-13-16(19(23)24-3)11(2)17(20-13)18(22)21-14-9-10-25-15-8-6-5-7-12(14)15/h5-8,14,20H,4,9-10H2,1-3H3,(H,21,22)/t14-/m1/s1. The highest BCUT2D eigenvalue weighted by atomic mass is 16.5. The van der Waals surface area contributed by atoms with Crippen molar-refractivity contribution in [2.75, 3.05) is 13.7 Å². The van der Waals surface area contributed by atoms with Gasteiger partial charge in [-0.25, -0.2) is 4.79 Å². The maximum absolute atomic E-state index is 12.8. The number of carbonyl (C=O) groups excluding carboxylic acids is 2. The second-order valence-electron chi connectivity index (χ2n) is 6.02. The van der Waals surface area contributed by atoms with Gasteiger partial charge in [-0.3, -0.25) is 4.79 Å². The average Bonchev–Trinajstić information content (AvgIpc) is 2.98. The molecule has 1 amide bonds. The Balaban J connectivity index is 1.88. The molecule has 6 heteroatoms. The fourth-order valence-electron chi connectivity index (χ4n) is 3.25. The minimum atomic E-state index is -0.430. The monoisotopic (exact) mass is 342 g/mol. The number of aryl methyl sites for hydroxylation is 1. The highest BCUT2D eigenvalue weighted by molar-refractivity contribution is 6.00. The molecular weight excluding hydrogens is 320 g/mol. The van der Waals surface area contributed by atoms with Crippen molar-refractivity contribution in [1.29, 1.82) is 0 Å². The first kappa shape index (κ1) is 17.1. The highest BCUT2D eigenvalue weighted by Crippen LogP contribution is 2.32. The van der Waals surface area contributed by atoms with Gasteiger partial charge in [0, 0.05) is 17.7 Å². The van der Waals surface area contributed by atoms with Gasteiger partial charge in [-0.2, -0.15) is 0 Å². The Bertz CT molecular complexity index is 810. The van der Waals surface area contributed by atoms with Crippen molar-refractivity contribution in [2.45, 2.75) is 32.7 Å². The molecule has 0 aliphatic carbocycles. The number of carbonyl (C=O) groups is 2. The van der Waals surface area contributed by atoms with Gasteiger partial charge in [0.05, 0.1) is 25.3 Å². The molecule has 0 fully saturated rings. The van der Waals surface area contributed by atoms with Crippen molar-refractivity contribution < 1.29 is 19.1 Å². The van der Waals surface area contributed by atoms with E-state index in [1.807, 2.05) is 31.2 Å². The topological polar surface area (TPSA) is 80.4 Å². The van der Waals surface area contributed by atoms with E-state index in [1.165, 1.54) is 7.11 Å². The zero-order valence-corrected chi connectivity index (χ0v) is 14.6. The van der Waals surface area contributed by atoms with Gasteiger partial charge in [0.25, 0.3) is 5.91 Å². The summed E-state index contributed by atoms with van der Waals surface area (Å²) in [6.45, 7) is 4.24. The van der Waals surface area contributed by atoms with E-state index in [0.717, 1.165) is 11.3 Å². The van der Waals surface area contributed by atoms with E-state index in [0.29, 0.717) is 42.0 Å². The van der Waals surface area contributed by atoms with Crippen molar-refractivity contribution in [1.82, 2.24) is 10.3 Å². The number of ether oxygens (including phenoxy) is 2. The summed E-state index contributed by atoms with van der Waals surface area (Å²) in [7, 11) is 1.34. The molecule has 0 bridgehead atoms. The molecule has 132 valence electrons. The molecule has 25 heavy (non-hydrogen) atoms. The molecule has 1 aliphatic heterocycles. The number of esters is 1. The molecule has 6 nitrogen and oxygen atoms in total. The maximum atomic E-state index is 12.8. The van der Waals surface area contributed by atoms with Crippen LogP contribution in [0.25, 0.3) is 0 Å². The number of aromatic amines is 1. The Kier molecular flexibility index (Phi) is 4.79. The third kappa shape index (κ3) is 3.12. The van der Waals surface area contributed by atoms with Gasteiger partial charge in [-0.05, 0) is 25.0 Å². The van der Waals surface area contributed by atoms with Gasteiger partial charge in [-0.1, -0.05) is 25.1 Å². The van der Waals surface area contributed by atoms with Crippen LogP contribution < -0.4 is 10.1 Å². The highest BCUT2D eigenvalue weighted by Gasteiger charge is 2.27. The van der Waals surface area contributed by atoms with Gasteiger partial charge >= 0.3 is 5.97 Å². The van der Waals surface area contributed by atoms with Gasteiger partial charge in [0.15, 0.2) is 0 Å². The van der Waals surface area contributed by atoms with Crippen LogP contribution in [0.1, 0.15) is 57.1 Å². The van der Waals surface area contributed by atoms with E-state index in [2.05, 4.69) is 10.3 Å². The summed E-state index contributed by atoms with van der Waals surface area (Å²) >= 11 is 0. The molecule has 3 rings (SSSR count). The van der Waals surface area contributed by atoms with Gasteiger partial charge in [-0.15, -0.1) is 0 Å². The lowest BCUT2D eigenvalue weighted by Crippen LogP contribution is -2.32. The Hall–Kier alpha value is -2.76. The molecule has 2 aromatic rings. The van der Waals surface area contributed by atoms with Crippen LogP contribution in [0.15, 0.2) is 24.3 Å². The molecule has 1 aliphatic rings. The summed E-state index contributed by atoms with van der Waals surface area (Å²) in [6.07, 6.45) is 1.31. The van der Waals surface area contributed by atoms with Crippen LogP contribution in [0, 0.1) is 6.92 Å². The van der Waals surface area contributed by atoms with Gasteiger partial charge in [0.1, 0.15) is 11.4 Å². The molecule has 0 radical (unpaired) electrons. The van der Waals surface area contributed by atoms with Crippen molar-refractivity contribution in [2.24, 2.45) is 0 Å². The molecular formula is C19H22N2O4. The summed E-state index contributed by atoms with van der Waals surface area (Å²) in [6, 6.07) is 7.58. The number of amides is 1. The lowest BCUT2D eigenvalue weighted by atomic mass is 10.00. The van der Waals surface area contributed by atoms with Gasteiger partial charge in [0.2, 0.25) is 0 Å². The van der Waals surface area contributed by atoms with E-state index in [9.17, 15) is 9.59 Å². The second-order valence-corrected chi connectivity index (χ2v) is 6.02. The molecule has 1 aromatic heterocycles. The van der Waals surface area contributed by atoms with Crippen molar-refractivity contribution in [3.05, 3.63) is 52.3 Å². The lowest BCUT2D eigenvalue weighted by molar-refractivity contribution is 0.0599. The summed E-state index contributed by atoms with van der Waals surface area (Å²) in [5.74, 6) is 0.136. The SMILES string of the molecule is CCc1[nH]c(C(=O)N[C@@H]2CCOc3ccccc32)c(C)c1C(=O)OC. The predicted molar refractivity (Wildman–Crippen MR) is 93.0 cm³/mol. The first-order chi connectivity index (χ1) is 12.1. The van der Waals surface area contributed by atoms with Crippen LogP contribution in [0.5, 0.6) is 5.75 Å². The van der Waals surface area contributed by atoms with Crippen LogP contribution in [-0.2, 0) is 11.2 Å². The number of hydrogen-bond acceptors (Lipinski definition) is 4. The fraction of sp³-hybridized carbons (Fsp3) is 0.368. The third-order valence-corrected chi connectivity index (χ3v) is 4.56. The zero-order valence-electron chi connectivity index (χ0n) is 14.6. The van der Waals surface area contributed by atoms with Crippen LogP contribution in [0.4, 0.5) is 0 Å². The number of aromatic nitrogens is 1. The van der Waals surface area contributed by atoms with Gasteiger partial charge < -0.3 is 19.8 Å². The first-order valence-electron chi connectivity index (χ1n) is 8.39. The second kappa shape index (κ2) is 7.01. The van der Waals surface area contributed by atoms with Crippen LogP contribution >= 0.6 is 0 Å². The number of H-pyrrole nitrogens is 1. The minimum Gasteiger partial charge on any atom is -0.493 e. The predicted octanol–water partition coefficient (Wildman–Crippen LogP) is 2.93. The number of fused-ring (bicyclic) bond motifs is 1. The number of rotatable bonds is 4. The summed E-state index contributed by atoms with van der Waals surface area (Å²) in [5.41, 5.74) is 3.14. The van der Waals surface area contributed by atoms with Crippen molar-refractivity contribution in [3.8, 4) is 5.75 Å². The maximum Gasteiger partial charge on any atom is 0.339 e. The Morgan fingerprint density at radius 2 is 2.12 bits per heavy atom. The molecule has 2 N–H and O–H groups in total. The lowest BCUT2D eigenvalue weighted by Gasteiger charge is -2.26. The molecule has 0 saturated carbocycles. The van der Waals surface area contributed by atoms with E-state index in [1.54, 1.807) is 6.92 Å². The molecule has 0 unspecified atom stereocenters. The number of benzene rings is 1. The smallest absolute Gasteiger partial charge is 0.339 e. The normalized spacial score (nSPS) is 15.9. The van der Waals surface area contributed by atoms with Crippen LogP contribution in [0.2, 0.25) is 0 Å². The van der Waals surface area contributed by atoms with Crippen LogP contribution in [0.3, 0.4) is 0 Å². The first-order valence-corrected chi connectivity index (χ1v) is 8.39. The van der Waals surface area contributed by atoms with Crippen molar-refractivity contribution >= 4 is 11.9 Å². The van der Waals surface area contributed by atoms with E-state index in [4.69, 9.17) is 9.47 Å². The van der Waals surface area contributed by atoms with Crippen LogP contribution in [-0.4, -0.2) is 30.6 Å². The van der Waals surface area contributed by atoms with E-state index < -0.39 is 5.97 Å². The summed E-state index contributed by atoms with van der Waals surface area (Å²) < 4.78 is 10.5. The molecule has 1 aromatic carbocycles. The Labute approximate surface area is 146 Å². The minimum absolute atomic E-state index is 0.119. The average molecular weight is 342 g/mol. The quantitative estimate of drug-likeness (QED) is 0.837. The summed E-state index contributed by atoms with van der Waals surface area (Å²) in [4.78, 5) is 27.9. The number of hydrogen-bond donors (Lipinski definition) is 2. The number of para-hydroxylation sites is 1. The zero-order chi connectivity index (χ0) is 18.0. The summed E-state index contributed by atoms with van der Waals surface area (Å²) in [5, 5.41) is 3.05. The molecule has 1 atom stereocenters. The number of methoxy groups -OCH3 is 1. The van der Waals surface area contributed by atoms with E-state index in [-0.39, 0.29) is 11.9 Å². The third-order valence-electron chi connectivity index (χ3n) is 4.56. The fourth-order valence-corrected chi connectivity index (χ4v) is 3.25. The number of nitrogens with one attached hydrogen (secondary N) is 2. The van der Waals surface area contributed by atoms with E-state index >= 15 is 0 Å². The Morgan fingerprint density at radius 3 is 2.84 bits per heavy atom. The molecule has 0 saturated heterocycles.